The van der Waals surface area contributed by atoms with Crippen LogP contribution in [0.3, 0.4) is 0 Å². The molecule has 4 heteroatoms. The molecule has 0 aliphatic heterocycles. The molecule has 18 heavy (non-hydrogen) atoms. The Balaban J connectivity index is 2.80. The van der Waals surface area contributed by atoms with Gasteiger partial charge in [-0.3, -0.25) is 4.79 Å². The number of carbonyl (C=O) groups excluding carboxylic acids is 1. The molecular formula is C14H23N3O. The van der Waals surface area contributed by atoms with Crippen molar-refractivity contribution in [2.45, 2.75) is 39.7 Å². The van der Waals surface area contributed by atoms with Crippen molar-refractivity contribution < 1.29 is 4.79 Å². The summed E-state index contributed by atoms with van der Waals surface area (Å²) in [6, 6.07) is 5.45. The van der Waals surface area contributed by atoms with Crippen LogP contribution in [-0.4, -0.2) is 11.9 Å². The molecule has 5 N–H and O–H groups in total. The Morgan fingerprint density at radius 1 is 1.28 bits per heavy atom. The number of hydrogen-bond acceptors (Lipinski definition) is 3. The maximum absolute atomic E-state index is 11.3. The maximum atomic E-state index is 11.3. The van der Waals surface area contributed by atoms with E-state index in [2.05, 4.69) is 26.1 Å². The molecule has 1 aromatic carbocycles. The van der Waals surface area contributed by atoms with Crippen LogP contribution in [0.1, 0.15) is 44.0 Å². The fourth-order valence-electron chi connectivity index (χ4n) is 1.84. The van der Waals surface area contributed by atoms with E-state index in [1.807, 2.05) is 0 Å². The second-order valence-electron chi connectivity index (χ2n) is 5.15. The number of hydrogen-bond donors (Lipinski definition) is 3. The van der Waals surface area contributed by atoms with Gasteiger partial charge in [0.1, 0.15) is 0 Å². The molecule has 1 amide bonds. The van der Waals surface area contributed by atoms with Crippen LogP contribution in [0.25, 0.3) is 0 Å². The van der Waals surface area contributed by atoms with Gasteiger partial charge in [-0.25, -0.2) is 0 Å². The van der Waals surface area contributed by atoms with Crippen LogP contribution < -0.4 is 16.8 Å². The van der Waals surface area contributed by atoms with Crippen molar-refractivity contribution in [1.29, 1.82) is 0 Å². The number of para-hydroxylation sites is 1. The lowest BCUT2D eigenvalue weighted by Gasteiger charge is -2.19. The fraction of sp³-hybridized carbons (Fsp3) is 0.500. The maximum Gasteiger partial charge on any atom is 0.250 e. The second-order valence-corrected chi connectivity index (χ2v) is 5.15. The van der Waals surface area contributed by atoms with Gasteiger partial charge in [0.2, 0.25) is 0 Å². The second kappa shape index (κ2) is 6.28. The number of carbonyl (C=O) groups is 1. The molecule has 0 spiro atoms. The average molecular weight is 249 g/mol. The zero-order chi connectivity index (χ0) is 13.7. The van der Waals surface area contributed by atoms with Gasteiger partial charge in [0.05, 0.1) is 16.9 Å². The van der Waals surface area contributed by atoms with Crippen molar-refractivity contribution in [3.8, 4) is 0 Å². The van der Waals surface area contributed by atoms with Crippen LogP contribution in [0.4, 0.5) is 11.4 Å². The Labute approximate surface area is 109 Å². The number of primary amides is 1. The normalized spacial score (nSPS) is 12.4. The zero-order valence-electron chi connectivity index (χ0n) is 11.4. The summed E-state index contributed by atoms with van der Waals surface area (Å²) < 4.78 is 0. The molecule has 1 rings (SSSR count). The molecular weight excluding hydrogens is 226 g/mol. The van der Waals surface area contributed by atoms with Gasteiger partial charge in [-0.2, -0.15) is 0 Å². The lowest BCUT2D eigenvalue weighted by molar-refractivity contribution is 0.100. The Bertz CT molecular complexity index is 416. The van der Waals surface area contributed by atoms with Crippen molar-refractivity contribution in [3.05, 3.63) is 23.8 Å². The monoisotopic (exact) mass is 249 g/mol. The number of nitrogens with one attached hydrogen (secondary N) is 1. The molecule has 0 radical (unpaired) electrons. The summed E-state index contributed by atoms with van der Waals surface area (Å²) in [5.74, 6) is 0.207. The molecule has 0 aromatic heterocycles. The van der Waals surface area contributed by atoms with E-state index in [-0.39, 0.29) is 6.04 Å². The van der Waals surface area contributed by atoms with Crippen LogP contribution in [0, 0.1) is 5.92 Å². The molecule has 0 fully saturated rings. The predicted octanol–water partition coefficient (Wildman–Crippen LogP) is 2.60. The van der Waals surface area contributed by atoms with Crippen molar-refractivity contribution in [2.75, 3.05) is 11.1 Å². The van der Waals surface area contributed by atoms with E-state index in [1.165, 1.54) is 0 Å². The van der Waals surface area contributed by atoms with Crippen LogP contribution in [0.5, 0.6) is 0 Å². The molecule has 4 nitrogen and oxygen atoms in total. The first kappa shape index (κ1) is 14.4. The smallest absolute Gasteiger partial charge is 0.250 e. The largest absolute Gasteiger partial charge is 0.397 e. The third-order valence-electron chi connectivity index (χ3n) is 2.93. The molecule has 1 unspecified atom stereocenters. The number of benzene rings is 1. The summed E-state index contributed by atoms with van der Waals surface area (Å²) in [4.78, 5) is 11.3. The molecule has 0 saturated carbocycles. The Kier molecular flexibility index (Phi) is 5.01. The van der Waals surface area contributed by atoms with Crippen LogP contribution >= 0.6 is 0 Å². The lowest BCUT2D eigenvalue weighted by atomic mass is 10.0. The summed E-state index contributed by atoms with van der Waals surface area (Å²) in [5.41, 5.74) is 12.9. The van der Waals surface area contributed by atoms with Gasteiger partial charge >= 0.3 is 0 Å². The third-order valence-corrected chi connectivity index (χ3v) is 2.93. The first-order valence-electron chi connectivity index (χ1n) is 6.36. The van der Waals surface area contributed by atoms with Gasteiger partial charge in [-0.05, 0) is 37.8 Å². The number of amides is 1. The van der Waals surface area contributed by atoms with Crippen molar-refractivity contribution in [1.82, 2.24) is 0 Å². The van der Waals surface area contributed by atoms with Crippen LogP contribution in [0.2, 0.25) is 0 Å². The molecule has 0 aliphatic rings. The Morgan fingerprint density at radius 3 is 2.50 bits per heavy atom. The van der Waals surface area contributed by atoms with E-state index in [9.17, 15) is 4.79 Å². The Hall–Kier alpha value is -1.71. The lowest BCUT2D eigenvalue weighted by Crippen LogP contribution is -2.21. The highest BCUT2D eigenvalue weighted by atomic mass is 16.1. The van der Waals surface area contributed by atoms with E-state index < -0.39 is 5.91 Å². The fourth-order valence-corrected chi connectivity index (χ4v) is 1.84. The van der Waals surface area contributed by atoms with E-state index in [0.29, 0.717) is 22.9 Å². The highest BCUT2D eigenvalue weighted by molar-refractivity contribution is 6.01. The number of nitrogens with two attached hydrogens (primary N) is 2. The van der Waals surface area contributed by atoms with Crippen LogP contribution in [0.15, 0.2) is 18.2 Å². The molecule has 0 bridgehead atoms. The molecule has 100 valence electrons. The molecule has 1 atom stereocenters. The van der Waals surface area contributed by atoms with Gasteiger partial charge in [0.15, 0.2) is 0 Å². The third kappa shape index (κ3) is 3.95. The molecule has 0 aliphatic carbocycles. The van der Waals surface area contributed by atoms with E-state index >= 15 is 0 Å². The first-order valence-corrected chi connectivity index (χ1v) is 6.36. The van der Waals surface area contributed by atoms with E-state index in [0.717, 1.165) is 12.8 Å². The molecule has 0 heterocycles. The standard InChI is InChI=1S/C14H23N3O/c1-9(2)7-8-10(3)17-13-11(14(16)18)5-4-6-12(13)15/h4-6,9-10,17H,7-8,15H2,1-3H3,(H2,16,18). The summed E-state index contributed by atoms with van der Waals surface area (Å²) in [6.45, 7) is 6.47. The zero-order valence-corrected chi connectivity index (χ0v) is 11.4. The summed E-state index contributed by atoms with van der Waals surface area (Å²) in [5, 5.41) is 3.29. The van der Waals surface area contributed by atoms with Gasteiger partial charge in [-0.15, -0.1) is 0 Å². The number of nitrogen functional groups attached to an aromatic ring is 1. The quantitative estimate of drug-likeness (QED) is 0.678. The number of anilines is 2. The summed E-state index contributed by atoms with van der Waals surface area (Å²) in [7, 11) is 0. The van der Waals surface area contributed by atoms with Gasteiger partial charge in [0, 0.05) is 6.04 Å². The van der Waals surface area contributed by atoms with Crippen molar-refractivity contribution in [2.24, 2.45) is 11.7 Å². The first-order chi connectivity index (χ1) is 8.41. The minimum absolute atomic E-state index is 0.259. The highest BCUT2D eigenvalue weighted by Gasteiger charge is 2.13. The Morgan fingerprint density at radius 2 is 1.94 bits per heavy atom. The SMILES string of the molecule is CC(C)CCC(C)Nc1c(N)cccc1C(N)=O. The van der Waals surface area contributed by atoms with Gasteiger partial charge < -0.3 is 16.8 Å². The average Bonchev–Trinajstić information content (AvgIpc) is 2.28. The topological polar surface area (TPSA) is 81.1 Å². The van der Waals surface area contributed by atoms with Crippen molar-refractivity contribution >= 4 is 17.3 Å². The summed E-state index contributed by atoms with van der Waals surface area (Å²) in [6.07, 6.45) is 2.16. The molecule has 0 saturated heterocycles. The van der Waals surface area contributed by atoms with E-state index in [4.69, 9.17) is 11.5 Å². The predicted molar refractivity (Wildman–Crippen MR) is 76.5 cm³/mol. The molecule has 1 aromatic rings. The summed E-state index contributed by atoms with van der Waals surface area (Å²) >= 11 is 0. The van der Waals surface area contributed by atoms with Crippen molar-refractivity contribution in [3.63, 3.8) is 0 Å². The minimum Gasteiger partial charge on any atom is -0.397 e. The van der Waals surface area contributed by atoms with Gasteiger partial charge in [0.25, 0.3) is 5.91 Å². The van der Waals surface area contributed by atoms with Crippen LogP contribution in [-0.2, 0) is 0 Å². The van der Waals surface area contributed by atoms with Gasteiger partial charge in [-0.1, -0.05) is 19.9 Å². The number of rotatable bonds is 6. The van der Waals surface area contributed by atoms with E-state index in [1.54, 1.807) is 18.2 Å². The highest BCUT2D eigenvalue weighted by Crippen LogP contribution is 2.24. The minimum atomic E-state index is -0.458.